The molecule has 1 N–H and O–H groups in total. The smallest absolute Gasteiger partial charge is 0.193 e. The fourth-order valence-corrected chi connectivity index (χ4v) is 4.01. The van der Waals surface area contributed by atoms with Crippen molar-refractivity contribution in [1.82, 2.24) is 9.38 Å². The molecule has 0 saturated carbocycles. The van der Waals surface area contributed by atoms with Crippen molar-refractivity contribution >= 4 is 48.2 Å². The van der Waals surface area contributed by atoms with E-state index in [1.807, 2.05) is 40.4 Å². The van der Waals surface area contributed by atoms with Crippen LogP contribution >= 0.6 is 43.2 Å². The lowest BCUT2D eigenvalue weighted by Crippen LogP contribution is -2.02. The maximum absolute atomic E-state index is 10.3. The Hall–Kier alpha value is -0.690. The highest BCUT2D eigenvalue weighted by atomic mass is 79.9. The Labute approximate surface area is 131 Å². The molecule has 1 atom stereocenters. The van der Waals surface area contributed by atoms with Gasteiger partial charge in [-0.2, -0.15) is 0 Å². The topological polar surface area (TPSA) is 37.5 Å². The Morgan fingerprint density at radius 2 is 2.00 bits per heavy atom. The van der Waals surface area contributed by atoms with Crippen LogP contribution in [0.25, 0.3) is 4.96 Å². The van der Waals surface area contributed by atoms with Crippen LogP contribution in [0.3, 0.4) is 0 Å². The fraction of sp³-hybridized carbons (Fsp3) is 0.154. The lowest BCUT2D eigenvalue weighted by Gasteiger charge is -2.10. The summed E-state index contributed by atoms with van der Waals surface area (Å²) in [4.78, 5) is 5.44. The number of benzene rings is 1. The first kappa shape index (κ1) is 13.3. The molecule has 0 aliphatic carbocycles. The molecule has 0 amide bonds. The number of thiazole rings is 1. The highest BCUT2D eigenvalue weighted by Crippen LogP contribution is 2.26. The highest BCUT2D eigenvalue weighted by molar-refractivity contribution is 9.11. The summed E-state index contributed by atoms with van der Waals surface area (Å²) in [5.74, 6) is 0. The van der Waals surface area contributed by atoms with E-state index >= 15 is 0 Å². The predicted molar refractivity (Wildman–Crippen MR) is 83.6 cm³/mol. The van der Waals surface area contributed by atoms with E-state index < -0.39 is 6.10 Å². The van der Waals surface area contributed by atoms with Crippen LogP contribution in [0.4, 0.5) is 0 Å². The molecule has 0 aliphatic rings. The molecule has 0 fully saturated rings. The van der Waals surface area contributed by atoms with E-state index in [1.54, 1.807) is 11.3 Å². The number of imidazole rings is 1. The third kappa shape index (κ3) is 2.91. The molecule has 3 rings (SSSR count). The number of halogens is 2. The van der Waals surface area contributed by atoms with Crippen molar-refractivity contribution in [3.63, 3.8) is 0 Å². The second-order valence-electron chi connectivity index (χ2n) is 4.25. The van der Waals surface area contributed by atoms with E-state index in [4.69, 9.17) is 0 Å². The number of aliphatic hydroxyl groups excluding tert-OH is 1. The lowest BCUT2D eigenvalue weighted by atomic mass is 10.1. The summed E-state index contributed by atoms with van der Waals surface area (Å²) >= 11 is 8.45. The van der Waals surface area contributed by atoms with Crippen molar-refractivity contribution in [3.05, 3.63) is 56.2 Å². The van der Waals surface area contributed by atoms with Crippen molar-refractivity contribution in [2.75, 3.05) is 0 Å². The van der Waals surface area contributed by atoms with Crippen LogP contribution in [0.5, 0.6) is 0 Å². The molecule has 2 heterocycles. The molecule has 6 heteroatoms. The van der Waals surface area contributed by atoms with Gasteiger partial charge in [-0.1, -0.05) is 31.9 Å². The van der Waals surface area contributed by atoms with Gasteiger partial charge in [0.1, 0.15) is 0 Å². The molecule has 0 saturated heterocycles. The van der Waals surface area contributed by atoms with Crippen molar-refractivity contribution in [3.8, 4) is 0 Å². The van der Waals surface area contributed by atoms with Crippen LogP contribution < -0.4 is 0 Å². The molecule has 0 aliphatic heterocycles. The SMILES string of the molecule is OC(Cc1cn2ccsc2n1)c1cc(Br)cc(Br)c1. The molecule has 98 valence electrons. The number of hydrogen-bond acceptors (Lipinski definition) is 3. The Balaban J connectivity index is 1.84. The molecule has 0 radical (unpaired) electrons. The maximum Gasteiger partial charge on any atom is 0.193 e. The molecule has 0 bridgehead atoms. The second kappa shape index (κ2) is 5.36. The predicted octanol–water partition coefficient (Wildman–Crippen LogP) is 4.20. The van der Waals surface area contributed by atoms with E-state index in [2.05, 4.69) is 36.8 Å². The Bertz CT molecular complexity index is 674. The van der Waals surface area contributed by atoms with Crippen LogP contribution in [0.1, 0.15) is 17.4 Å². The number of aliphatic hydroxyl groups is 1. The van der Waals surface area contributed by atoms with E-state index in [-0.39, 0.29) is 0 Å². The summed E-state index contributed by atoms with van der Waals surface area (Å²) in [6.07, 6.45) is 3.89. The van der Waals surface area contributed by atoms with E-state index in [1.165, 1.54) is 0 Å². The van der Waals surface area contributed by atoms with Crippen molar-refractivity contribution in [2.45, 2.75) is 12.5 Å². The monoisotopic (exact) mass is 400 g/mol. The minimum Gasteiger partial charge on any atom is -0.388 e. The number of hydrogen-bond donors (Lipinski definition) is 1. The first-order chi connectivity index (χ1) is 9.11. The van der Waals surface area contributed by atoms with Gasteiger partial charge in [0.2, 0.25) is 0 Å². The van der Waals surface area contributed by atoms with Gasteiger partial charge in [-0.05, 0) is 23.8 Å². The summed E-state index contributed by atoms with van der Waals surface area (Å²) in [7, 11) is 0. The number of fused-ring (bicyclic) bond motifs is 1. The largest absolute Gasteiger partial charge is 0.388 e. The molecular formula is C13H10Br2N2OS. The normalized spacial score (nSPS) is 13.0. The standard InChI is InChI=1S/C13H10Br2N2OS/c14-9-3-8(4-10(15)5-9)12(18)6-11-7-17-1-2-19-13(17)16-11/h1-5,7,12,18H,6H2. The average molecular weight is 402 g/mol. The number of rotatable bonds is 3. The zero-order valence-electron chi connectivity index (χ0n) is 9.75. The summed E-state index contributed by atoms with van der Waals surface area (Å²) in [5.41, 5.74) is 1.77. The third-order valence-corrected chi connectivity index (χ3v) is 4.50. The van der Waals surface area contributed by atoms with Gasteiger partial charge in [0.25, 0.3) is 0 Å². The summed E-state index contributed by atoms with van der Waals surface area (Å²) in [5, 5.41) is 12.3. The molecule has 3 nitrogen and oxygen atoms in total. The zero-order valence-corrected chi connectivity index (χ0v) is 13.7. The molecule has 19 heavy (non-hydrogen) atoms. The van der Waals surface area contributed by atoms with Gasteiger partial charge in [0, 0.05) is 33.1 Å². The Morgan fingerprint density at radius 3 is 2.68 bits per heavy atom. The highest BCUT2D eigenvalue weighted by Gasteiger charge is 2.13. The van der Waals surface area contributed by atoms with E-state index in [0.29, 0.717) is 6.42 Å². The minimum atomic E-state index is -0.557. The van der Waals surface area contributed by atoms with Crippen molar-refractivity contribution < 1.29 is 5.11 Å². The first-order valence-corrected chi connectivity index (χ1v) is 8.13. The zero-order chi connectivity index (χ0) is 13.4. The van der Waals surface area contributed by atoms with Gasteiger partial charge in [0.15, 0.2) is 4.96 Å². The number of nitrogens with zero attached hydrogens (tertiary/aromatic N) is 2. The molecule has 1 aromatic carbocycles. The second-order valence-corrected chi connectivity index (χ2v) is 6.95. The molecular weight excluding hydrogens is 392 g/mol. The fourth-order valence-electron chi connectivity index (χ4n) is 1.96. The summed E-state index contributed by atoms with van der Waals surface area (Å²) in [6, 6.07) is 5.80. The van der Waals surface area contributed by atoms with E-state index in [0.717, 1.165) is 25.2 Å². The van der Waals surface area contributed by atoms with E-state index in [9.17, 15) is 5.11 Å². The van der Waals surface area contributed by atoms with Crippen LogP contribution in [0.15, 0.2) is 44.9 Å². The van der Waals surface area contributed by atoms with Crippen LogP contribution in [-0.2, 0) is 6.42 Å². The third-order valence-electron chi connectivity index (χ3n) is 2.82. The van der Waals surface area contributed by atoms with Crippen LogP contribution in [0.2, 0.25) is 0 Å². The first-order valence-electron chi connectivity index (χ1n) is 5.67. The Morgan fingerprint density at radius 1 is 1.26 bits per heavy atom. The van der Waals surface area contributed by atoms with Gasteiger partial charge >= 0.3 is 0 Å². The lowest BCUT2D eigenvalue weighted by molar-refractivity contribution is 0.177. The van der Waals surface area contributed by atoms with Crippen LogP contribution in [0, 0.1) is 0 Å². The molecule has 1 unspecified atom stereocenters. The molecule has 0 spiro atoms. The van der Waals surface area contributed by atoms with Gasteiger partial charge in [-0.25, -0.2) is 4.98 Å². The minimum absolute atomic E-state index is 0.511. The van der Waals surface area contributed by atoms with Crippen LogP contribution in [-0.4, -0.2) is 14.5 Å². The Kier molecular flexibility index (Phi) is 3.75. The van der Waals surface area contributed by atoms with Gasteiger partial charge in [-0.15, -0.1) is 11.3 Å². The summed E-state index contributed by atoms with van der Waals surface area (Å²) < 4.78 is 3.87. The quantitative estimate of drug-likeness (QED) is 0.714. The van der Waals surface area contributed by atoms with Crippen molar-refractivity contribution in [1.29, 1.82) is 0 Å². The number of aromatic nitrogens is 2. The molecule has 3 aromatic rings. The average Bonchev–Trinajstić information content (AvgIpc) is 2.88. The van der Waals surface area contributed by atoms with Gasteiger partial charge in [0.05, 0.1) is 11.8 Å². The van der Waals surface area contributed by atoms with Gasteiger partial charge < -0.3 is 5.11 Å². The van der Waals surface area contributed by atoms with Gasteiger partial charge in [-0.3, -0.25) is 4.40 Å². The molecule has 2 aromatic heterocycles. The van der Waals surface area contributed by atoms with Crippen molar-refractivity contribution in [2.24, 2.45) is 0 Å². The summed E-state index contributed by atoms with van der Waals surface area (Å²) in [6.45, 7) is 0. The maximum atomic E-state index is 10.3.